The molecular weight excluding hydrogens is 216 g/mol. The number of carbonyl (C=O) groups excluding carboxylic acids is 1. The van der Waals surface area contributed by atoms with Crippen LogP contribution in [-0.2, 0) is 11.3 Å². The van der Waals surface area contributed by atoms with Crippen molar-refractivity contribution in [2.75, 3.05) is 19.6 Å². The van der Waals surface area contributed by atoms with E-state index in [9.17, 15) is 4.79 Å². The standard InChI is InChI=1S/C12H18N4O/c1-3-15(4-2)12(17)10-16-9-11(8-14-16)6-5-7-13/h8-9H,3-4,7,10,13H2,1-2H3. The van der Waals surface area contributed by atoms with Crippen molar-refractivity contribution in [3.8, 4) is 11.8 Å². The topological polar surface area (TPSA) is 64.2 Å². The smallest absolute Gasteiger partial charge is 0.244 e. The van der Waals surface area contributed by atoms with Gasteiger partial charge in [-0.1, -0.05) is 11.8 Å². The Kier molecular flexibility index (Phi) is 5.24. The van der Waals surface area contributed by atoms with Gasteiger partial charge in [0, 0.05) is 19.3 Å². The number of hydrogen-bond acceptors (Lipinski definition) is 3. The number of hydrogen-bond donors (Lipinski definition) is 1. The lowest BCUT2D eigenvalue weighted by Gasteiger charge is -2.18. The zero-order valence-electron chi connectivity index (χ0n) is 10.3. The number of rotatable bonds is 4. The predicted molar refractivity (Wildman–Crippen MR) is 66.1 cm³/mol. The molecule has 0 saturated heterocycles. The van der Waals surface area contributed by atoms with Crippen LogP contribution < -0.4 is 5.73 Å². The van der Waals surface area contributed by atoms with Crippen molar-refractivity contribution < 1.29 is 4.79 Å². The van der Waals surface area contributed by atoms with E-state index in [2.05, 4.69) is 16.9 Å². The highest BCUT2D eigenvalue weighted by atomic mass is 16.2. The summed E-state index contributed by atoms with van der Waals surface area (Å²) in [6.45, 7) is 5.94. The molecule has 0 aliphatic carbocycles. The molecule has 0 aromatic carbocycles. The van der Waals surface area contributed by atoms with Crippen LogP contribution in [-0.4, -0.2) is 40.2 Å². The second-order valence-electron chi connectivity index (χ2n) is 3.50. The van der Waals surface area contributed by atoms with Gasteiger partial charge in [-0.25, -0.2) is 0 Å². The Morgan fingerprint density at radius 1 is 1.53 bits per heavy atom. The predicted octanol–water partition coefficient (Wildman–Crippen LogP) is 0.0617. The highest BCUT2D eigenvalue weighted by Crippen LogP contribution is 1.97. The average Bonchev–Trinajstić information content (AvgIpc) is 2.75. The molecule has 17 heavy (non-hydrogen) atoms. The fraction of sp³-hybridized carbons (Fsp3) is 0.500. The van der Waals surface area contributed by atoms with Gasteiger partial charge in [0.1, 0.15) is 6.54 Å². The van der Waals surface area contributed by atoms with Crippen LogP contribution in [0.2, 0.25) is 0 Å². The van der Waals surface area contributed by atoms with Gasteiger partial charge in [-0.2, -0.15) is 5.10 Å². The van der Waals surface area contributed by atoms with E-state index in [0.29, 0.717) is 6.54 Å². The van der Waals surface area contributed by atoms with Gasteiger partial charge >= 0.3 is 0 Å². The number of likely N-dealkylation sites (N-methyl/N-ethyl adjacent to an activating group) is 1. The Morgan fingerprint density at radius 2 is 2.24 bits per heavy atom. The number of amides is 1. The van der Waals surface area contributed by atoms with Gasteiger partial charge < -0.3 is 10.6 Å². The molecule has 1 amide bonds. The zero-order chi connectivity index (χ0) is 12.7. The normalized spacial score (nSPS) is 9.59. The quantitative estimate of drug-likeness (QED) is 0.749. The Labute approximate surface area is 102 Å². The Balaban J connectivity index is 2.63. The number of carbonyl (C=O) groups is 1. The first-order chi connectivity index (χ1) is 8.21. The molecule has 0 spiro atoms. The number of aromatic nitrogens is 2. The van der Waals surface area contributed by atoms with Crippen LogP contribution in [0.5, 0.6) is 0 Å². The molecule has 0 saturated carbocycles. The summed E-state index contributed by atoms with van der Waals surface area (Å²) in [5.74, 6) is 5.68. The molecule has 0 aliphatic rings. The Hall–Kier alpha value is -1.80. The summed E-state index contributed by atoms with van der Waals surface area (Å²) in [7, 11) is 0. The van der Waals surface area contributed by atoms with Crippen molar-refractivity contribution in [3.63, 3.8) is 0 Å². The second-order valence-corrected chi connectivity index (χ2v) is 3.50. The van der Waals surface area contributed by atoms with Crippen molar-refractivity contribution in [2.45, 2.75) is 20.4 Å². The molecule has 0 atom stereocenters. The third-order valence-corrected chi connectivity index (χ3v) is 2.38. The van der Waals surface area contributed by atoms with Gasteiger partial charge in [0.15, 0.2) is 0 Å². The molecule has 92 valence electrons. The summed E-state index contributed by atoms with van der Waals surface area (Å²) >= 11 is 0. The first kappa shape index (κ1) is 13.3. The minimum Gasteiger partial charge on any atom is -0.342 e. The summed E-state index contributed by atoms with van der Waals surface area (Å²) in [6, 6.07) is 0. The lowest BCUT2D eigenvalue weighted by atomic mass is 10.3. The molecule has 0 aliphatic heterocycles. The molecule has 5 nitrogen and oxygen atoms in total. The second kappa shape index (κ2) is 6.71. The van der Waals surface area contributed by atoms with E-state index in [-0.39, 0.29) is 12.5 Å². The summed E-state index contributed by atoms with van der Waals surface area (Å²) in [4.78, 5) is 13.6. The first-order valence-electron chi connectivity index (χ1n) is 5.70. The van der Waals surface area contributed by atoms with E-state index in [4.69, 9.17) is 5.73 Å². The van der Waals surface area contributed by atoms with Crippen molar-refractivity contribution in [1.82, 2.24) is 14.7 Å². The van der Waals surface area contributed by atoms with Gasteiger partial charge in [-0.05, 0) is 13.8 Å². The van der Waals surface area contributed by atoms with Crippen LogP contribution >= 0.6 is 0 Å². The van der Waals surface area contributed by atoms with Crippen molar-refractivity contribution in [2.24, 2.45) is 5.73 Å². The fourth-order valence-corrected chi connectivity index (χ4v) is 1.48. The van der Waals surface area contributed by atoms with Crippen LogP contribution in [0.25, 0.3) is 0 Å². The van der Waals surface area contributed by atoms with Gasteiger partial charge in [-0.3, -0.25) is 9.48 Å². The minimum atomic E-state index is 0.0661. The van der Waals surface area contributed by atoms with E-state index in [0.717, 1.165) is 18.7 Å². The molecule has 0 fully saturated rings. The minimum absolute atomic E-state index is 0.0661. The highest BCUT2D eigenvalue weighted by molar-refractivity contribution is 5.75. The molecule has 0 radical (unpaired) electrons. The highest BCUT2D eigenvalue weighted by Gasteiger charge is 2.10. The van der Waals surface area contributed by atoms with Crippen LogP contribution in [0.3, 0.4) is 0 Å². The summed E-state index contributed by atoms with van der Waals surface area (Å²) < 4.78 is 1.60. The van der Waals surface area contributed by atoms with Crippen molar-refractivity contribution in [1.29, 1.82) is 0 Å². The van der Waals surface area contributed by atoms with Crippen molar-refractivity contribution >= 4 is 5.91 Å². The Bertz CT molecular complexity index is 423. The van der Waals surface area contributed by atoms with E-state index in [1.807, 2.05) is 13.8 Å². The maximum atomic E-state index is 11.8. The van der Waals surface area contributed by atoms with Gasteiger partial charge in [0.25, 0.3) is 0 Å². The summed E-state index contributed by atoms with van der Waals surface area (Å²) in [5, 5.41) is 4.09. The van der Waals surface area contributed by atoms with Crippen LogP contribution in [0.4, 0.5) is 0 Å². The van der Waals surface area contributed by atoms with Gasteiger partial charge in [-0.15, -0.1) is 0 Å². The third kappa shape index (κ3) is 3.93. The molecule has 0 bridgehead atoms. The molecule has 1 aromatic heterocycles. The largest absolute Gasteiger partial charge is 0.342 e. The SMILES string of the molecule is CCN(CC)C(=O)Cn1cc(C#CCN)cn1. The lowest BCUT2D eigenvalue weighted by molar-refractivity contribution is -0.131. The molecule has 2 N–H and O–H groups in total. The maximum Gasteiger partial charge on any atom is 0.244 e. The van der Waals surface area contributed by atoms with E-state index in [1.165, 1.54) is 0 Å². The molecular formula is C12H18N4O. The monoisotopic (exact) mass is 234 g/mol. The fourth-order valence-electron chi connectivity index (χ4n) is 1.48. The summed E-state index contributed by atoms with van der Waals surface area (Å²) in [5.41, 5.74) is 6.06. The van der Waals surface area contributed by atoms with Crippen LogP contribution in [0.15, 0.2) is 12.4 Å². The molecule has 1 heterocycles. The molecule has 5 heteroatoms. The Morgan fingerprint density at radius 3 is 2.82 bits per heavy atom. The molecule has 1 rings (SSSR count). The van der Waals surface area contributed by atoms with E-state index >= 15 is 0 Å². The maximum absolute atomic E-state index is 11.8. The third-order valence-electron chi connectivity index (χ3n) is 2.38. The number of nitrogens with two attached hydrogens (primary N) is 1. The molecule has 0 unspecified atom stereocenters. The van der Waals surface area contributed by atoms with E-state index in [1.54, 1.807) is 22.0 Å². The van der Waals surface area contributed by atoms with Crippen molar-refractivity contribution in [3.05, 3.63) is 18.0 Å². The lowest BCUT2D eigenvalue weighted by Crippen LogP contribution is -2.33. The van der Waals surface area contributed by atoms with E-state index < -0.39 is 0 Å². The number of nitrogens with zero attached hydrogens (tertiary/aromatic N) is 3. The zero-order valence-corrected chi connectivity index (χ0v) is 10.3. The van der Waals surface area contributed by atoms with Gasteiger partial charge in [0.05, 0.1) is 18.3 Å². The average molecular weight is 234 g/mol. The summed E-state index contributed by atoms with van der Waals surface area (Å²) in [6.07, 6.45) is 3.39. The van der Waals surface area contributed by atoms with Crippen LogP contribution in [0.1, 0.15) is 19.4 Å². The van der Waals surface area contributed by atoms with Crippen LogP contribution in [0, 0.1) is 11.8 Å². The molecule has 1 aromatic rings. The first-order valence-corrected chi connectivity index (χ1v) is 5.70. The van der Waals surface area contributed by atoms with Gasteiger partial charge in [0.2, 0.25) is 5.91 Å².